The number of pyridine rings is 1. The highest BCUT2D eigenvalue weighted by molar-refractivity contribution is 6.36. The van der Waals surface area contributed by atoms with Gasteiger partial charge in [0.2, 0.25) is 5.91 Å². The number of piperazine rings is 1. The van der Waals surface area contributed by atoms with Crippen molar-refractivity contribution in [1.82, 2.24) is 29.7 Å². The van der Waals surface area contributed by atoms with Crippen LogP contribution in [0.15, 0.2) is 48.7 Å². The predicted octanol–water partition coefficient (Wildman–Crippen LogP) is 4.57. The zero-order valence-electron chi connectivity index (χ0n) is 29.8. The minimum Gasteiger partial charge on any atom is -0.461 e. The van der Waals surface area contributed by atoms with Gasteiger partial charge in [0.05, 0.1) is 53.8 Å². The number of carbonyl (C=O) groups is 1. The maximum atomic E-state index is 16.9. The lowest BCUT2D eigenvalue weighted by molar-refractivity contribution is -0.128. The molecule has 12 nitrogen and oxygen atoms in total. The summed E-state index contributed by atoms with van der Waals surface area (Å²) in [4.78, 5) is 35.5. The third kappa shape index (κ3) is 6.95. The number of halogens is 3. The second-order valence-electron chi connectivity index (χ2n) is 14.5. The van der Waals surface area contributed by atoms with E-state index in [1.165, 1.54) is 12.3 Å². The maximum absolute atomic E-state index is 16.9. The van der Waals surface area contributed by atoms with Crippen LogP contribution < -0.4 is 9.64 Å². The number of hydrogen-bond acceptors (Lipinski definition) is 11. The van der Waals surface area contributed by atoms with Crippen molar-refractivity contribution in [3.63, 3.8) is 0 Å². The highest BCUT2D eigenvalue weighted by Gasteiger charge is 2.48. The molecular weight excluding hydrogens is 718 g/mol. The molecule has 2 aromatic heterocycles. The van der Waals surface area contributed by atoms with Gasteiger partial charge in [-0.15, -0.1) is 0 Å². The van der Waals surface area contributed by atoms with Crippen LogP contribution in [-0.2, 0) is 9.53 Å². The summed E-state index contributed by atoms with van der Waals surface area (Å²) in [5.41, 5.74) is -0.166. The number of fused-ring (bicyclic) bond motifs is 3. The molecule has 15 heteroatoms. The van der Waals surface area contributed by atoms with Gasteiger partial charge in [-0.3, -0.25) is 19.6 Å². The van der Waals surface area contributed by atoms with E-state index in [2.05, 4.69) is 25.8 Å². The molecule has 8 rings (SSSR count). The van der Waals surface area contributed by atoms with Crippen LogP contribution in [0, 0.1) is 23.0 Å². The van der Waals surface area contributed by atoms with Gasteiger partial charge in [-0.05, 0) is 37.3 Å². The fraction of sp³-hybridized carbons (Fsp3) is 0.462. The molecule has 4 aromatic rings. The van der Waals surface area contributed by atoms with Crippen LogP contribution in [0.4, 0.5) is 14.6 Å². The zero-order valence-corrected chi connectivity index (χ0v) is 30.5. The Kier molecular flexibility index (Phi) is 10.3. The number of amides is 1. The van der Waals surface area contributed by atoms with Crippen molar-refractivity contribution in [2.45, 2.75) is 43.4 Å². The SMILES string of the molecule is N#CC[C@H]1CN(c2nc(OC[C@@]34CCCN3C[C@H](O)C4)nc3c(F)c(-c4cccc5ccc(F)c(Cl)c45)ncc23)CCN1C(=O)/C=C/CN1CCOCC1. The van der Waals surface area contributed by atoms with E-state index in [-0.39, 0.29) is 53.3 Å². The lowest BCUT2D eigenvalue weighted by Crippen LogP contribution is -2.55. The Morgan fingerprint density at radius 3 is 2.81 bits per heavy atom. The van der Waals surface area contributed by atoms with Gasteiger partial charge in [0, 0.05) is 69.0 Å². The first-order valence-corrected chi connectivity index (χ1v) is 18.8. The molecule has 0 aliphatic carbocycles. The van der Waals surface area contributed by atoms with Crippen molar-refractivity contribution >= 4 is 45.0 Å². The number of carbonyl (C=O) groups excluding carboxylic acids is 1. The summed E-state index contributed by atoms with van der Waals surface area (Å²) in [7, 11) is 0. The number of nitriles is 1. The Morgan fingerprint density at radius 1 is 1.13 bits per heavy atom. The van der Waals surface area contributed by atoms with Gasteiger partial charge in [-0.2, -0.15) is 15.2 Å². The molecule has 1 amide bonds. The molecule has 282 valence electrons. The van der Waals surface area contributed by atoms with Crippen LogP contribution in [0.3, 0.4) is 0 Å². The summed E-state index contributed by atoms with van der Waals surface area (Å²) >= 11 is 6.44. The number of morpholine rings is 1. The third-order valence-electron chi connectivity index (χ3n) is 11.2. The average Bonchev–Trinajstić information content (AvgIpc) is 3.71. The van der Waals surface area contributed by atoms with Gasteiger partial charge in [0.1, 0.15) is 29.5 Å². The summed E-state index contributed by atoms with van der Waals surface area (Å²) < 4.78 is 43.4. The minimum atomic E-state index is -0.751. The Labute approximate surface area is 316 Å². The first-order chi connectivity index (χ1) is 26.2. The molecule has 54 heavy (non-hydrogen) atoms. The fourth-order valence-corrected chi connectivity index (χ4v) is 8.78. The number of aliphatic hydroxyl groups excluding tert-OH is 1. The van der Waals surface area contributed by atoms with Crippen molar-refractivity contribution in [1.29, 1.82) is 5.26 Å². The second-order valence-corrected chi connectivity index (χ2v) is 14.9. The number of β-amino-alcohol motifs (C(OH)–C–C–N with tert-alkyl or cyclic N) is 1. The Bertz CT molecular complexity index is 2150. The molecule has 4 saturated heterocycles. The van der Waals surface area contributed by atoms with Crippen molar-refractivity contribution in [2.24, 2.45) is 0 Å². The van der Waals surface area contributed by atoms with Crippen LogP contribution in [0.2, 0.25) is 5.02 Å². The van der Waals surface area contributed by atoms with E-state index < -0.39 is 23.8 Å². The van der Waals surface area contributed by atoms with Gasteiger partial charge < -0.3 is 24.4 Å². The topological polar surface area (TPSA) is 131 Å². The number of benzene rings is 2. The summed E-state index contributed by atoms with van der Waals surface area (Å²) in [6.07, 6.45) is 6.91. The van der Waals surface area contributed by atoms with Gasteiger partial charge in [0.25, 0.3) is 0 Å². The van der Waals surface area contributed by atoms with E-state index in [4.69, 9.17) is 26.1 Å². The van der Waals surface area contributed by atoms with Crippen LogP contribution in [0.5, 0.6) is 6.01 Å². The van der Waals surface area contributed by atoms with Crippen LogP contribution in [0.1, 0.15) is 25.7 Å². The lowest BCUT2D eigenvalue weighted by atomic mass is 9.94. The van der Waals surface area contributed by atoms with E-state index >= 15 is 4.39 Å². The van der Waals surface area contributed by atoms with E-state index in [1.54, 1.807) is 35.2 Å². The average molecular weight is 759 g/mol. The molecule has 0 radical (unpaired) electrons. The number of ether oxygens (including phenoxy) is 2. The van der Waals surface area contributed by atoms with E-state index in [0.717, 1.165) is 32.5 Å². The number of aliphatic hydroxyl groups is 1. The Morgan fingerprint density at radius 2 is 1.98 bits per heavy atom. The zero-order chi connectivity index (χ0) is 37.4. The summed E-state index contributed by atoms with van der Waals surface area (Å²) in [6, 6.07) is 9.71. The summed E-state index contributed by atoms with van der Waals surface area (Å²) in [5, 5.41) is 21.4. The first kappa shape index (κ1) is 36.5. The predicted molar refractivity (Wildman–Crippen MR) is 199 cm³/mol. The summed E-state index contributed by atoms with van der Waals surface area (Å²) in [5.74, 6) is -1.20. The van der Waals surface area contributed by atoms with Crippen molar-refractivity contribution in [2.75, 3.05) is 77.1 Å². The fourth-order valence-electron chi connectivity index (χ4n) is 8.51. The molecule has 4 aliphatic heterocycles. The van der Waals surface area contributed by atoms with Crippen molar-refractivity contribution in [3.05, 3.63) is 65.3 Å². The van der Waals surface area contributed by atoms with Gasteiger partial charge >= 0.3 is 6.01 Å². The quantitative estimate of drug-likeness (QED) is 0.241. The molecule has 0 spiro atoms. The highest BCUT2D eigenvalue weighted by Crippen LogP contribution is 2.41. The summed E-state index contributed by atoms with van der Waals surface area (Å²) in [6.45, 7) is 6.12. The second kappa shape index (κ2) is 15.3. The smallest absolute Gasteiger partial charge is 0.319 e. The van der Waals surface area contributed by atoms with Gasteiger partial charge in [0.15, 0.2) is 5.82 Å². The van der Waals surface area contributed by atoms with E-state index in [9.17, 15) is 19.6 Å². The monoisotopic (exact) mass is 758 g/mol. The first-order valence-electron chi connectivity index (χ1n) is 18.4. The van der Waals surface area contributed by atoms with Crippen molar-refractivity contribution in [3.8, 4) is 23.3 Å². The number of hydrogen-bond donors (Lipinski definition) is 1. The molecule has 1 N–H and O–H groups in total. The van der Waals surface area contributed by atoms with E-state index in [0.29, 0.717) is 73.4 Å². The minimum absolute atomic E-state index is 0.0421. The molecule has 2 aromatic carbocycles. The highest BCUT2D eigenvalue weighted by atomic mass is 35.5. The molecule has 0 unspecified atom stereocenters. The van der Waals surface area contributed by atoms with Crippen molar-refractivity contribution < 1.29 is 28.2 Å². The maximum Gasteiger partial charge on any atom is 0.319 e. The third-order valence-corrected chi connectivity index (χ3v) is 11.6. The molecule has 4 aliphatic rings. The largest absolute Gasteiger partial charge is 0.461 e. The molecule has 4 fully saturated rings. The Balaban J connectivity index is 1.14. The number of nitrogens with zero attached hydrogens (tertiary/aromatic N) is 8. The molecule has 0 bridgehead atoms. The molecule has 0 saturated carbocycles. The van der Waals surface area contributed by atoms with E-state index in [1.807, 2.05) is 11.0 Å². The molecule has 3 atom stereocenters. The molecular formula is C39H41ClF2N8O4. The van der Waals surface area contributed by atoms with Gasteiger partial charge in [-0.25, -0.2) is 8.78 Å². The number of anilines is 1. The van der Waals surface area contributed by atoms with Crippen LogP contribution in [0.25, 0.3) is 32.9 Å². The standard InChI is InChI=1S/C39H41ClF2N8O4/c40-33-30(41)8-7-25-4-1-5-28(32(25)33)35-34(42)36-29(21-44-35)37(46-38(45-36)54-24-39-10-3-13-49(39)23-27(51)20-39)48-14-15-50(26(22-48)9-11-43)31(52)6-2-12-47-16-18-53-19-17-47/h1-2,4-8,21,26-27,51H,3,9-10,12-20,22-24H2/b6-2+/t26-,27+,39-/m0/s1. The normalized spacial score (nSPS) is 23.8. The molecule has 6 heterocycles. The van der Waals surface area contributed by atoms with Crippen LogP contribution in [-0.4, -0.2) is 131 Å². The number of aromatic nitrogens is 3. The van der Waals surface area contributed by atoms with Crippen LogP contribution >= 0.6 is 11.6 Å². The lowest BCUT2D eigenvalue weighted by Gasteiger charge is -2.41. The Hall–Kier alpha value is -4.52. The van der Waals surface area contributed by atoms with Gasteiger partial charge in [-0.1, -0.05) is 41.9 Å². The number of rotatable bonds is 9.